The van der Waals surface area contributed by atoms with E-state index >= 15 is 0 Å². The van der Waals surface area contributed by atoms with Gasteiger partial charge in [-0.15, -0.1) is 0 Å². The maximum absolute atomic E-state index is 5.83. The Hall–Kier alpha value is -1.48. The minimum Gasteiger partial charge on any atom is -0.369 e. The fourth-order valence-electron chi connectivity index (χ4n) is 1.53. The van der Waals surface area contributed by atoms with Gasteiger partial charge in [-0.05, 0) is 18.6 Å². The number of imidazole rings is 1. The molecule has 0 atom stereocenters. The minimum absolute atomic E-state index is 0.455. The van der Waals surface area contributed by atoms with E-state index in [1.165, 1.54) is 0 Å². The van der Waals surface area contributed by atoms with E-state index in [0.717, 1.165) is 28.4 Å². The molecule has 1 aromatic heterocycles. The van der Waals surface area contributed by atoms with Crippen molar-refractivity contribution < 1.29 is 0 Å². The lowest BCUT2D eigenvalue weighted by atomic mass is 10.1. The van der Waals surface area contributed by atoms with E-state index in [0.29, 0.717) is 5.95 Å². The van der Waals surface area contributed by atoms with Gasteiger partial charge in [0, 0.05) is 16.3 Å². The number of nitrogens with zero attached hydrogens (tertiary/aromatic N) is 1. The molecule has 0 spiro atoms. The fourth-order valence-corrected chi connectivity index (χ4v) is 1.66. The van der Waals surface area contributed by atoms with Crippen molar-refractivity contribution in [3.05, 3.63) is 35.0 Å². The molecule has 78 valence electrons. The van der Waals surface area contributed by atoms with Gasteiger partial charge in [0.15, 0.2) is 5.95 Å². The highest BCUT2D eigenvalue weighted by molar-refractivity contribution is 6.30. The second-order valence-electron chi connectivity index (χ2n) is 3.31. The first kappa shape index (κ1) is 10.1. The van der Waals surface area contributed by atoms with Crippen LogP contribution in [0, 0.1) is 0 Å². The molecule has 0 radical (unpaired) electrons. The third-order valence-corrected chi connectivity index (χ3v) is 2.52. The molecule has 2 rings (SSSR count). The molecule has 1 aromatic carbocycles. The first-order chi connectivity index (χ1) is 7.20. The highest BCUT2D eigenvalue weighted by Crippen LogP contribution is 2.24. The minimum atomic E-state index is 0.455. The van der Waals surface area contributed by atoms with E-state index in [2.05, 4.69) is 16.9 Å². The third-order valence-electron chi connectivity index (χ3n) is 2.27. The number of H-pyrrole nitrogens is 1. The summed E-state index contributed by atoms with van der Waals surface area (Å²) in [4.78, 5) is 7.30. The Bertz CT molecular complexity index is 459. The average molecular weight is 222 g/mol. The van der Waals surface area contributed by atoms with Gasteiger partial charge in [-0.1, -0.05) is 30.7 Å². The van der Waals surface area contributed by atoms with Crippen LogP contribution in [0.2, 0.25) is 5.02 Å². The first-order valence-corrected chi connectivity index (χ1v) is 5.18. The normalized spacial score (nSPS) is 10.5. The van der Waals surface area contributed by atoms with Crippen molar-refractivity contribution >= 4 is 17.5 Å². The Morgan fingerprint density at radius 2 is 2.00 bits per heavy atom. The average Bonchev–Trinajstić information content (AvgIpc) is 2.61. The molecule has 3 nitrogen and oxygen atoms in total. The van der Waals surface area contributed by atoms with Crippen molar-refractivity contribution in [1.82, 2.24) is 9.97 Å². The zero-order valence-electron chi connectivity index (χ0n) is 8.42. The zero-order valence-corrected chi connectivity index (χ0v) is 9.17. The number of nitrogens with one attached hydrogen (secondary N) is 1. The molecule has 0 fully saturated rings. The molecule has 1 heterocycles. The number of benzene rings is 1. The lowest BCUT2D eigenvalue weighted by Gasteiger charge is -1.99. The molecule has 0 saturated carbocycles. The summed E-state index contributed by atoms with van der Waals surface area (Å²) >= 11 is 5.83. The lowest BCUT2D eigenvalue weighted by molar-refractivity contribution is 1.07. The van der Waals surface area contributed by atoms with Gasteiger partial charge in [0.2, 0.25) is 0 Å². The fraction of sp³-hybridized carbons (Fsp3) is 0.182. The predicted molar refractivity (Wildman–Crippen MR) is 62.8 cm³/mol. The van der Waals surface area contributed by atoms with Gasteiger partial charge in [0.25, 0.3) is 0 Å². The van der Waals surface area contributed by atoms with Crippen LogP contribution in [0.3, 0.4) is 0 Å². The molecule has 0 aliphatic rings. The number of aromatic amines is 1. The number of hydrogen-bond donors (Lipinski definition) is 2. The molecule has 3 N–H and O–H groups in total. The number of halogens is 1. The predicted octanol–water partition coefficient (Wildman–Crippen LogP) is 2.87. The summed E-state index contributed by atoms with van der Waals surface area (Å²) in [5, 5.41) is 0.723. The number of nitrogens with two attached hydrogens (primary N) is 1. The Kier molecular flexibility index (Phi) is 2.64. The third kappa shape index (κ3) is 1.97. The zero-order chi connectivity index (χ0) is 10.8. The highest BCUT2D eigenvalue weighted by atomic mass is 35.5. The van der Waals surface area contributed by atoms with Crippen molar-refractivity contribution in [3.8, 4) is 11.3 Å². The van der Waals surface area contributed by atoms with Crippen LogP contribution in [0.15, 0.2) is 24.3 Å². The summed E-state index contributed by atoms with van der Waals surface area (Å²) in [5.74, 6) is 0.455. The number of hydrogen-bond acceptors (Lipinski definition) is 2. The molecular weight excluding hydrogens is 210 g/mol. The van der Waals surface area contributed by atoms with Crippen molar-refractivity contribution in [3.63, 3.8) is 0 Å². The van der Waals surface area contributed by atoms with E-state index in [9.17, 15) is 0 Å². The van der Waals surface area contributed by atoms with Crippen LogP contribution >= 0.6 is 11.6 Å². The van der Waals surface area contributed by atoms with Gasteiger partial charge < -0.3 is 10.7 Å². The van der Waals surface area contributed by atoms with Crippen molar-refractivity contribution in [2.75, 3.05) is 5.73 Å². The number of aromatic nitrogens is 2. The maximum atomic E-state index is 5.83. The van der Waals surface area contributed by atoms with Crippen LogP contribution in [0.4, 0.5) is 5.95 Å². The van der Waals surface area contributed by atoms with Gasteiger partial charge in [0.1, 0.15) is 0 Å². The van der Waals surface area contributed by atoms with E-state index in [1.54, 1.807) is 0 Å². The van der Waals surface area contributed by atoms with E-state index in [-0.39, 0.29) is 0 Å². The standard InChI is InChI=1S/C11H12ClN3/c1-2-9-10(15-11(13)14-9)7-3-5-8(12)6-4-7/h3-6H,2H2,1H3,(H3,13,14,15). The van der Waals surface area contributed by atoms with Gasteiger partial charge >= 0.3 is 0 Å². The van der Waals surface area contributed by atoms with Crippen molar-refractivity contribution in [2.45, 2.75) is 13.3 Å². The van der Waals surface area contributed by atoms with Crippen LogP contribution in [0.25, 0.3) is 11.3 Å². The first-order valence-electron chi connectivity index (χ1n) is 4.81. The number of aryl methyl sites for hydroxylation is 1. The molecule has 0 unspecified atom stereocenters. The largest absolute Gasteiger partial charge is 0.369 e. The van der Waals surface area contributed by atoms with Gasteiger partial charge in [0.05, 0.1) is 5.69 Å². The topological polar surface area (TPSA) is 54.7 Å². The summed E-state index contributed by atoms with van der Waals surface area (Å²) < 4.78 is 0. The Labute approximate surface area is 93.3 Å². The molecule has 0 amide bonds. The highest BCUT2D eigenvalue weighted by Gasteiger charge is 2.08. The molecular formula is C11H12ClN3. The van der Waals surface area contributed by atoms with E-state index in [1.807, 2.05) is 24.3 Å². The van der Waals surface area contributed by atoms with Gasteiger partial charge in [-0.25, -0.2) is 4.98 Å². The molecule has 2 aromatic rings. The molecule has 4 heteroatoms. The van der Waals surface area contributed by atoms with E-state index in [4.69, 9.17) is 17.3 Å². The lowest BCUT2D eigenvalue weighted by Crippen LogP contribution is -1.86. The monoisotopic (exact) mass is 221 g/mol. The van der Waals surface area contributed by atoms with Crippen LogP contribution in [0.5, 0.6) is 0 Å². The van der Waals surface area contributed by atoms with E-state index < -0.39 is 0 Å². The Balaban J connectivity index is 2.48. The second kappa shape index (κ2) is 3.95. The maximum Gasteiger partial charge on any atom is 0.198 e. The summed E-state index contributed by atoms with van der Waals surface area (Å²) in [6.07, 6.45) is 0.877. The van der Waals surface area contributed by atoms with Crippen molar-refractivity contribution in [1.29, 1.82) is 0 Å². The molecule has 0 saturated heterocycles. The van der Waals surface area contributed by atoms with Crippen LogP contribution in [-0.2, 0) is 6.42 Å². The Morgan fingerprint density at radius 3 is 2.60 bits per heavy atom. The van der Waals surface area contributed by atoms with Gasteiger partial charge in [-0.2, -0.15) is 0 Å². The van der Waals surface area contributed by atoms with Crippen LogP contribution < -0.4 is 5.73 Å². The molecule has 15 heavy (non-hydrogen) atoms. The Morgan fingerprint density at radius 1 is 1.33 bits per heavy atom. The molecule has 0 aliphatic heterocycles. The number of nitrogen functional groups attached to an aromatic ring is 1. The summed E-state index contributed by atoms with van der Waals surface area (Å²) in [6, 6.07) is 7.58. The van der Waals surface area contributed by atoms with Crippen molar-refractivity contribution in [2.24, 2.45) is 0 Å². The summed E-state index contributed by atoms with van der Waals surface area (Å²) in [6.45, 7) is 2.06. The smallest absolute Gasteiger partial charge is 0.198 e. The summed E-state index contributed by atoms with van der Waals surface area (Å²) in [7, 11) is 0. The summed E-state index contributed by atoms with van der Waals surface area (Å²) in [5.41, 5.74) is 8.62. The molecule has 0 bridgehead atoms. The second-order valence-corrected chi connectivity index (χ2v) is 3.75. The number of rotatable bonds is 2. The molecule has 0 aliphatic carbocycles. The van der Waals surface area contributed by atoms with Crippen LogP contribution in [-0.4, -0.2) is 9.97 Å². The van der Waals surface area contributed by atoms with Gasteiger partial charge in [-0.3, -0.25) is 0 Å². The SMILES string of the molecule is CCc1[nH]c(N)nc1-c1ccc(Cl)cc1. The number of anilines is 1. The van der Waals surface area contributed by atoms with Crippen LogP contribution in [0.1, 0.15) is 12.6 Å². The quantitative estimate of drug-likeness (QED) is 0.820.